The predicted molar refractivity (Wildman–Crippen MR) is 155 cm³/mol. The second-order valence-corrected chi connectivity index (χ2v) is 11.4. The third-order valence-electron chi connectivity index (χ3n) is 6.14. The summed E-state index contributed by atoms with van der Waals surface area (Å²) in [5, 5.41) is 10.2. The Labute approximate surface area is 239 Å². The maximum atomic E-state index is 13.6. The summed E-state index contributed by atoms with van der Waals surface area (Å²) >= 11 is 0. The Bertz CT molecular complexity index is 896. The van der Waals surface area contributed by atoms with Crippen LogP contribution in [0.15, 0.2) is 12.7 Å². The molecule has 1 fully saturated rings. The second-order valence-electron chi connectivity index (χ2n) is 11.4. The SMILES string of the molecule is C=CCNC(=O)C(=O)C(CCC)NC(=O)[C@@H]1CCCN1C(=O)C(NC(=O)NCC(=O)C(C)C)C(C)(C)C.CCC. The van der Waals surface area contributed by atoms with Gasteiger partial charge in [0.1, 0.15) is 12.1 Å². The van der Waals surface area contributed by atoms with Crippen molar-refractivity contribution in [1.82, 2.24) is 26.2 Å². The van der Waals surface area contributed by atoms with Gasteiger partial charge in [-0.3, -0.25) is 24.0 Å². The van der Waals surface area contributed by atoms with E-state index in [0.717, 1.165) is 0 Å². The van der Waals surface area contributed by atoms with E-state index < -0.39 is 53.1 Å². The highest BCUT2D eigenvalue weighted by Gasteiger charge is 2.42. The molecule has 3 atom stereocenters. The Morgan fingerprint density at radius 1 is 1.00 bits per heavy atom. The molecule has 1 aliphatic rings. The minimum absolute atomic E-state index is 0.128. The number of rotatable bonds is 13. The molecule has 0 spiro atoms. The second kappa shape index (κ2) is 18.2. The van der Waals surface area contributed by atoms with Gasteiger partial charge in [0.05, 0.1) is 12.6 Å². The summed E-state index contributed by atoms with van der Waals surface area (Å²) in [4.78, 5) is 77.2. The average Bonchev–Trinajstić information content (AvgIpc) is 3.37. The highest BCUT2D eigenvalue weighted by Crippen LogP contribution is 2.26. The van der Waals surface area contributed by atoms with Crippen LogP contribution < -0.4 is 21.3 Å². The van der Waals surface area contributed by atoms with Crippen molar-refractivity contribution < 1.29 is 28.8 Å². The summed E-state index contributed by atoms with van der Waals surface area (Å²) in [7, 11) is 0. The topological polar surface area (TPSA) is 154 Å². The lowest BCUT2D eigenvalue weighted by molar-refractivity contribution is -0.143. The smallest absolute Gasteiger partial charge is 0.315 e. The van der Waals surface area contributed by atoms with Crippen molar-refractivity contribution in [3.63, 3.8) is 0 Å². The van der Waals surface area contributed by atoms with E-state index in [2.05, 4.69) is 41.7 Å². The van der Waals surface area contributed by atoms with Crippen LogP contribution in [0.2, 0.25) is 0 Å². The van der Waals surface area contributed by atoms with E-state index in [4.69, 9.17) is 0 Å². The van der Waals surface area contributed by atoms with Crippen molar-refractivity contribution in [2.45, 2.75) is 106 Å². The van der Waals surface area contributed by atoms with E-state index in [-0.39, 0.29) is 31.2 Å². The summed E-state index contributed by atoms with van der Waals surface area (Å²) in [6.07, 6.45) is 4.49. The third kappa shape index (κ3) is 12.3. The van der Waals surface area contributed by atoms with Crippen LogP contribution in [0, 0.1) is 11.3 Å². The molecule has 0 bridgehead atoms. The molecule has 0 aromatic carbocycles. The van der Waals surface area contributed by atoms with Gasteiger partial charge in [-0.25, -0.2) is 4.79 Å². The Hall–Kier alpha value is -3.24. The Balaban J connectivity index is 0.00000483. The van der Waals surface area contributed by atoms with Crippen molar-refractivity contribution in [3.8, 4) is 0 Å². The van der Waals surface area contributed by atoms with Crippen LogP contribution >= 0.6 is 0 Å². The summed E-state index contributed by atoms with van der Waals surface area (Å²) in [6.45, 7) is 18.7. The predicted octanol–water partition coefficient (Wildman–Crippen LogP) is 2.49. The molecule has 0 aromatic rings. The number of hydrogen-bond donors (Lipinski definition) is 4. The summed E-state index contributed by atoms with van der Waals surface area (Å²) in [6, 6.07) is -3.47. The van der Waals surface area contributed by atoms with E-state index in [1.807, 2.05) is 6.92 Å². The molecule has 2 unspecified atom stereocenters. The molecule has 0 radical (unpaired) electrons. The summed E-state index contributed by atoms with van der Waals surface area (Å²) < 4.78 is 0. The zero-order valence-electron chi connectivity index (χ0n) is 25.6. The first-order valence-corrected chi connectivity index (χ1v) is 14.3. The molecule has 1 aliphatic heterocycles. The molecule has 1 saturated heterocycles. The lowest BCUT2D eigenvalue weighted by Gasteiger charge is -2.35. The monoisotopic (exact) mass is 565 g/mol. The molecule has 1 heterocycles. The number of carbonyl (C=O) groups excluding carboxylic acids is 6. The molecule has 0 aromatic heterocycles. The first kappa shape index (κ1) is 36.8. The molecule has 11 nitrogen and oxygen atoms in total. The van der Waals surface area contributed by atoms with Gasteiger partial charge < -0.3 is 26.2 Å². The first-order chi connectivity index (χ1) is 18.7. The molecule has 0 aliphatic carbocycles. The molecule has 4 N–H and O–H groups in total. The number of Topliss-reactive ketones (excluding diaryl/α,β-unsaturated/α-hetero) is 2. The molecular formula is C29H51N5O6. The minimum Gasteiger partial charge on any atom is -0.346 e. The molecule has 40 heavy (non-hydrogen) atoms. The third-order valence-corrected chi connectivity index (χ3v) is 6.14. The van der Waals surface area contributed by atoms with E-state index in [0.29, 0.717) is 25.8 Å². The Kier molecular flexibility index (Phi) is 16.7. The summed E-state index contributed by atoms with van der Waals surface area (Å²) in [5.41, 5.74) is -0.690. The first-order valence-electron chi connectivity index (χ1n) is 14.3. The van der Waals surface area contributed by atoms with Crippen molar-refractivity contribution >= 4 is 35.3 Å². The number of nitrogens with zero attached hydrogens (tertiary/aromatic N) is 1. The van der Waals surface area contributed by atoms with Gasteiger partial charge in [0.25, 0.3) is 5.91 Å². The standard InChI is InChI=1S/C26H43N5O6.C3H8/c1-8-11-17(20(33)23(35)27-13-9-2)29-22(34)18-12-10-14-31(18)24(36)21(26(5,6)7)30-25(37)28-15-19(32)16(3)4;1-3-2/h9,16-18,21H,2,8,10-15H2,1,3-7H3,(H,27,35)(H,29,34)(H2,28,30,37);3H2,1-2H3/t17?,18-,21?;/m0./s1. The Morgan fingerprint density at radius 3 is 2.10 bits per heavy atom. The van der Waals surface area contributed by atoms with Gasteiger partial charge >= 0.3 is 6.03 Å². The van der Waals surface area contributed by atoms with Gasteiger partial charge in [0.15, 0.2) is 5.78 Å². The molecule has 0 saturated carbocycles. The van der Waals surface area contributed by atoms with Crippen LogP contribution in [0.1, 0.15) is 87.5 Å². The van der Waals surface area contributed by atoms with Crippen LogP contribution in [-0.2, 0) is 24.0 Å². The van der Waals surface area contributed by atoms with E-state index in [9.17, 15) is 28.8 Å². The normalized spacial score (nSPS) is 16.1. The fraction of sp³-hybridized carbons (Fsp3) is 0.724. The van der Waals surface area contributed by atoms with Gasteiger partial charge in [0.2, 0.25) is 17.6 Å². The van der Waals surface area contributed by atoms with Gasteiger partial charge in [-0.15, -0.1) is 6.58 Å². The fourth-order valence-electron chi connectivity index (χ4n) is 3.91. The lowest BCUT2D eigenvalue weighted by atomic mass is 9.85. The summed E-state index contributed by atoms with van der Waals surface area (Å²) in [5.74, 6) is -2.89. The molecule has 5 amide bonds. The van der Waals surface area contributed by atoms with Gasteiger partial charge in [-0.2, -0.15) is 0 Å². The number of ketones is 2. The molecule has 1 rings (SSSR count). The number of nitrogens with one attached hydrogen (secondary N) is 4. The number of urea groups is 1. The maximum Gasteiger partial charge on any atom is 0.315 e. The van der Waals surface area contributed by atoms with Crippen molar-refractivity contribution in [2.24, 2.45) is 11.3 Å². The van der Waals surface area contributed by atoms with Crippen LogP contribution in [0.25, 0.3) is 0 Å². The number of hydrogen-bond acceptors (Lipinski definition) is 6. The van der Waals surface area contributed by atoms with Crippen molar-refractivity contribution in [3.05, 3.63) is 12.7 Å². The number of carbonyl (C=O) groups is 6. The average molecular weight is 566 g/mol. The molecular weight excluding hydrogens is 514 g/mol. The Morgan fingerprint density at radius 2 is 1.60 bits per heavy atom. The van der Waals surface area contributed by atoms with Crippen molar-refractivity contribution in [1.29, 1.82) is 0 Å². The van der Waals surface area contributed by atoms with Crippen LogP contribution in [0.4, 0.5) is 4.79 Å². The van der Waals surface area contributed by atoms with Gasteiger partial charge in [-0.1, -0.05) is 74.3 Å². The zero-order valence-corrected chi connectivity index (χ0v) is 25.6. The molecule has 228 valence electrons. The minimum atomic E-state index is -1.01. The van der Waals surface area contributed by atoms with E-state index in [1.54, 1.807) is 34.6 Å². The van der Waals surface area contributed by atoms with Gasteiger partial charge in [-0.05, 0) is 24.7 Å². The van der Waals surface area contributed by atoms with Crippen LogP contribution in [0.3, 0.4) is 0 Å². The number of likely N-dealkylation sites (tertiary alicyclic amines) is 1. The van der Waals surface area contributed by atoms with E-state index in [1.165, 1.54) is 17.4 Å². The fourth-order valence-corrected chi connectivity index (χ4v) is 3.91. The van der Waals surface area contributed by atoms with Crippen molar-refractivity contribution in [2.75, 3.05) is 19.6 Å². The number of amides is 5. The maximum absolute atomic E-state index is 13.6. The lowest BCUT2D eigenvalue weighted by Crippen LogP contribution is -2.60. The highest BCUT2D eigenvalue weighted by molar-refractivity contribution is 6.38. The van der Waals surface area contributed by atoms with Gasteiger partial charge in [0, 0.05) is 19.0 Å². The van der Waals surface area contributed by atoms with E-state index >= 15 is 0 Å². The largest absolute Gasteiger partial charge is 0.346 e. The molecule has 11 heteroatoms. The quantitative estimate of drug-likeness (QED) is 0.199. The van der Waals surface area contributed by atoms with Crippen LogP contribution in [-0.4, -0.2) is 78.0 Å². The highest BCUT2D eigenvalue weighted by atomic mass is 16.2. The zero-order chi connectivity index (χ0) is 31.0. The van der Waals surface area contributed by atoms with Crippen LogP contribution in [0.5, 0.6) is 0 Å².